The van der Waals surface area contributed by atoms with Crippen LogP contribution in [0.15, 0.2) is 10.6 Å². The minimum atomic E-state index is -0.344. The zero-order chi connectivity index (χ0) is 17.0. The van der Waals surface area contributed by atoms with Gasteiger partial charge in [0.15, 0.2) is 0 Å². The fraction of sp³-hybridized carbons (Fsp3) is 0.688. The van der Waals surface area contributed by atoms with Crippen LogP contribution in [0.2, 0.25) is 0 Å². The van der Waals surface area contributed by atoms with Crippen molar-refractivity contribution in [3.8, 4) is 0 Å². The number of rotatable bonds is 5. The molecule has 23 heavy (non-hydrogen) atoms. The summed E-state index contributed by atoms with van der Waals surface area (Å²) >= 11 is 0. The summed E-state index contributed by atoms with van der Waals surface area (Å²) < 4.78 is 5.00. The van der Waals surface area contributed by atoms with Gasteiger partial charge in [-0.25, -0.2) is 0 Å². The van der Waals surface area contributed by atoms with Gasteiger partial charge in [-0.3, -0.25) is 14.9 Å². The van der Waals surface area contributed by atoms with Gasteiger partial charge in [0.25, 0.3) is 0 Å². The number of piperidine rings is 1. The van der Waals surface area contributed by atoms with Crippen molar-refractivity contribution in [3.63, 3.8) is 0 Å². The van der Waals surface area contributed by atoms with E-state index in [9.17, 15) is 9.59 Å². The number of aryl methyl sites for hydroxylation is 1. The van der Waals surface area contributed by atoms with Gasteiger partial charge < -0.3 is 14.7 Å². The summed E-state index contributed by atoms with van der Waals surface area (Å²) in [7, 11) is 0. The Labute approximate surface area is 136 Å². The number of aromatic nitrogens is 1. The number of carbonyl (C=O) groups is 2. The third kappa shape index (κ3) is 4.54. The lowest BCUT2D eigenvalue weighted by Gasteiger charge is -2.39. The molecule has 0 unspecified atom stereocenters. The predicted octanol–water partition coefficient (Wildman–Crippen LogP) is 1.55. The Morgan fingerprint density at radius 1 is 1.52 bits per heavy atom. The lowest BCUT2D eigenvalue weighted by Crippen LogP contribution is -2.54. The van der Waals surface area contributed by atoms with Gasteiger partial charge in [-0.1, -0.05) is 18.5 Å². The van der Waals surface area contributed by atoms with Gasteiger partial charge in [0, 0.05) is 32.1 Å². The average molecular weight is 322 g/mol. The number of carbonyl (C=O) groups excluding carboxylic acids is 2. The van der Waals surface area contributed by atoms with Crippen molar-refractivity contribution in [2.45, 2.75) is 52.6 Å². The minimum absolute atomic E-state index is 0.119. The zero-order valence-corrected chi connectivity index (χ0v) is 14.3. The van der Waals surface area contributed by atoms with Crippen LogP contribution >= 0.6 is 0 Å². The van der Waals surface area contributed by atoms with Gasteiger partial charge in [-0.05, 0) is 26.2 Å². The fourth-order valence-corrected chi connectivity index (χ4v) is 3.00. The average Bonchev–Trinajstić information content (AvgIpc) is 2.92. The first-order valence-corrected chi connectivity index (χ1v) is 8.16. The minimum Gasteiger partial charge on any atom is -0.343 e. The molecule has 0 saturated carbocycles. The highest BCUT2D eigenvalue weighted by atomic mass is 16.5. The smallest absolute Gasteiger partial charge is 0.243 e. The van der Waals surface area contributed by atoms with Gasteiger partial charge in [-0.15, -0.1) is 0 Å². The van der Waals surface area contributed by atoms with E-state index in [-0.39, 0.29) is 23.9 Å². The van der Waals surface area contributed by atoms with Crippen molar-refractivity contribution < 1.29 is 14.1 Å². The molecule has 0 aromatic carbocycles. The predicted molar refractivity (Wildman–Crippen MR) is 86.9 cm³/mol. The van der Waals surface area contributed by atoms with Crippen molar-refractivity contribution in [2.75, 3.05) is 18.4 Å². The van der Waals surface area contributed by atoms with Crippen molar-refractivity contribution in [2.24, 2.45) is 5.92 Å². The van der Waals surface area contributed by atoms with Gasteiger partial charge in [0.2, 0.25) is 17.7 Å². The third-order valence-electron chi connectivity index (χ3n) is 4.44. The summed E-state index contributed by atoms with van der Waals surface area (Å²) in [6.07, 6.45) is 1.83. The van der Waals surface area contributed by atoms with Crippen LogP contribution in [0, 0.1) is 12.8 Å². The SMILES string of the molecule is CC[C@@H]1CN(C(C)=O)CC[C@@H]1N[C@H](C)C(=O)Nc1cc(C)no1. The Bertz CT molecular complexity index is 557. The first-order valence-electron chi connectivity index (χ1n) is 8.16. The van der Waals surface area contributed by atoms with Crippen LogP contribution in [0.1, 0.15) is 39.3 Å². The molecule has 1 aromatic heterocycles. The number of hydrogen-bond donors (Lipinski definition) is 2. The second kappa shape index (κ2) is 7.59. The summed E-state index contributed by atoms with van der Waals surface area (Å²) in [6, 6.07) is 1.57. The molecule has 1 saturated heterocycles. The lowest BCUT2D eigenvalue weighted by atomic mass is 9.89. The first-order chi connectivity index (χ1) is 10.9. The topological polar surface area (TPSA) is 87.5 Å². The zero-order valence-electron chi connectivity index (χ0n) is 14.3. The Kier molecular flexibility index (Phi) is 5.76. The van der Waals surface area contributed by atoms with Crippen LogP contribution in [0.5, 0.6) is 0 Å². The van der Waals surface area contributed by atoms with Crippen LogP contribution in [0.25, 0.3) is 0 Å². The van der Waals surface area contributed by atoms with E-state index in [1.165, 1.54) is 0 Å². The molecule has 2 heterocycles. The maximum absolute atomic E-state index is 12.2. The van der Waals surface area contributed by atoms with Crippen molar-refractivity contribution >= 4 is 17.7 Å². The summed E-state index contributed by atoms with van der Waals surface area (Å²) in [5, 5.41) is 9.86. The molecule has 2 N–H and O–H groups in total. The molecule has 0 aliphatic carbocycles. The molecule has 7 nitrogen and oxygen atoms in total. The summed E-state index contributed by atoms with van der Waals surface area (Å²) in [5.74, 6) is 0.688. The van der Waals surface area contributed by atoms with Gasteiger partial charge in [0.05, 0.1) is 11.7 Å². The van der Waals surface area contributed by atoms with Crippen LogP contribution in [-0.2, 0) is 9.59 Å². The normalized spacial score (nSPS) is 22.7. The number of hydrogen-bond acceptors (Lipinski definition) is 5. The second-order valence-corrected chi connectivity index (χ2v) is 6.24. The molecule has 1 aliphatic rings. The molecule has 1 aromatic rings. The van der Waals surface area contributed by atoms with E-state index in [0.29, 0.717) is 11.8 Å². The quantitative estimate of drug-likeness (QED) is 0.859. The fourth-order valence-electron chi connectivity index (χ4n) is 3.00. The largest absolute Gasteiger partial charge is 0.343 e. The summed E-state index contributed by atoms with van der Waals surface area (Å²) in [5.41, 5.74) is 0.726. The van der Waals surface area contributed by atoms with Crippen LogP contribution in [-0.4, -0.2) is 47.0 Å². The van der Waals surface area contributed by atoms with Crippen LogP contribution < -0.4 is 10.6 Å². The number of nitrogens with zero attached hydrogens (tertiary/aromatic N) is 2. The van der Waals surface area contributed by atoms with E-state index in [0.717, 1.165) is 31.6 Å². The summed E-state index contributed by atoms with van der Waals surface area (Å²) in [6.45, 7) is 8.84. The number of anilines is 1. The van der Waals surface area contributed by atoms with Crippen LogP contribution in [0.3, 0.4) is 0 Å². The monoisotopic (exact) mass is 322 g/mol. The maximum Gasteiger partial charge on any atom is 0.243 e. The highest BCUT2D eigenvalue weighted by Gasteiger charge is 2.31. The molecule has 0 spiro atoms. The van der Waals surface area contributed by atoms with E-state index in [1.54, 1.807) is 19.9 Å². The highest BCUT2D eigenvalue weighted by molar-refractivity contribution is 5.93. The molecule has 1 aliphatic heterocycles. The number of amides is 2. The Balaban J connectivity index is 1.89. The number of likely N-dealkylation sites (tertiary alicyclic amines) is 1. The highest BCUT2D eigenvalue weighted by Crippen LogP contribution is 2.21. The molecule has 3 atom stereocenters. The Hall–Kier alpha value is -1.89. The molecule has 128 valence electrons. The Morgan fingerprint density at radius 2 is 2.26 bits per heavy atom. The molecular formula is C16H26N4O3. The van der Waals surface area contributed by atoms with E-state index in [2.05, 4.69) is 22.7 Å². The second-order valence-electron chi connectivity index (χ2n) is 6.24. The standard InChI is InChI=1S/C16H26N4O3/c1-5-13-9-20(12(4)21)7-6-14(13)17-11(3)16(22)18-15-8-10(2)19-23-15/h8,11,13-14,17H,5-7,9H2,1-4H3,(H,18,22)/t11-,13-,14+/m1/s1. The lowest BCUT2D eigenvalue weighted by molar-refractivity contribution is -0.131. The van der Waals surface area contributed by atoms with Crippen LogP contribution in [0.4, 0.5) is 5.88 Å². The van der Waals surface area contributed by atoms with Crippen molar-refractivity contribution in [1.29, 1.82) is 0 Å². The first kappa shape index (κ1) is 17.5. The maximum atomic E-state index is 12.2. The molecular weight excluding hydrogens is 296 g/mol. The molecule has 2 rings (SSSR count). The van der Waals surface area contributed by atoms with Gasteiger partial charge in [-0.2, -0.15) is 0 Å². The van der Waals surface area contributed by atoms with Gasteiger partial charge >= 0.3 is 0 Å². The van der Waals surface area contributed by atoms with E-state index >= 15 is 0 Å². The van der Waals surface area contributed by atoms with Crippen molar-refractivity contribution in [3.05, 3.63) is 11.8 Å². The molecule has 2 amide bonds. The summed E-state index contributed by atoms with van der Waals surface area (Å²) in [4.78, 5) is 25.6. The van der Waals surface area contributed by atoms with E-state index in [4.69, 9.17) is 4.52 Å². The van der Waals surface area contributed by atoms with E-state index in [1.807, 2.05) is 11.8 Å². The molecule has 7 heteroatoms. The van der Waals surface area contributed by atoms with Crippen molar-refractivity contribution in [1.82, 2.24) is 15.4 Å². The third-order valence-corrected chi connectivity index (χ3v) is 4.44. The van der Waals surface area contributed by atoms with E-state index < -0.39 is 0 Å². The van der Waals surface area contributed by atoms with Gasteiger partial charge in [0.1, 0.15) is 0 Å². The molecule has 0 bridgehead atoms. The number of nitrogens with one attached hydrogen (secondary N) is 2. The Morgan fingerprint density at radius 3 is 2.83 bits per heavy atom. The molecule has 0 radical (unpaired) electrons. The molecule has 1 fully saturated rings.